The van der Waals surface area contributed by atoms with Crippen molar-refractivity contribution in [3.05, 3.63) is 23.9 Å². The van der Waals surface area contributed by atoms with Crippen LogP contribution < -0.4 is 15.5 Å². The zero-order valence-electron chi connectivity index (χ0n) is 12.1. The van der Waals surface area contributed by atoms with Crippen LogP contribution in [0.2, 0.25) is 0 Å². The first kappa shape index (κ1) is 13.4. The Labute approximate surface area is 119 Å². The Morgan fingerprint density at radius 1 is 1.45 bits per heavy atom. The van der Waals surface area contributed by atoms with Crippen LogP contribution in [0.4, 0.5) is 5.82 Å². The van der Waals surface area contributed by atoms with Gasteiger partial charge in [-0.25, -0.2) is 4.98 Å². The van der Waals surface area contributed by atoms with Crippen molar-refractivity contribution in [2.75, 3.05) is 18.0 Å². The molecule has 108 valence electrons. The number of hydrogen-bond acceptors (Lipinski definition) is 4. The van der Waals surface area contributed by atoms with Gasteiger partial charge in [0, 0.05) is 31.9 Å². The number of anilines is 1. The second-order valence-electron chi connectivity index (χ2n) is 6.15. The molecule has 0 unspecified atom stereocenters. The highest BCUT2D eigenvalue weighted by Gasteiger charge is 2.38. The average Bonchev–Trinajstić information content (AvgIpc) is 3.24. The highest BCUT2D eigenvalue weighted by molar-refractivity contribution is 5.90. The third kappa shape index (κ3) is 2.63. The van der Waals surface area contributed by atoms with Crippen LogP contribution in [0.1, 0.15) is 32.3 Å². The van der Waals surface area contributed by atoms with Crippen LogP contribution in [0.5, 0.6) is 0 Å². The normalized spacial score (nSPS) is 21.7. The molecule has 2 fully saturated rings. The lowest BCUT2D eigenvalue weighted by Crippen LogP contribution is -2.62. The van der Waals surface area contributed by atoms with Crippen molar-refractivity contribution >= 4 is 11.7 Å². The number of rotatable bonds is 4. The molecule has 20 heavy (non-hydrogen) atoms. The summed E-state index contributed by atoms with van der Waals surface area (Å²) in [6.45, 7) is 6.22. The number of nitrogens with one attached hydrogen (secondary N) is 2. The van der Waals surface area contributed by atoms with Gasteiger partial charge in [0.2, 0.25) is 5.91 Å². The minimum atomic E-state index is -0.543. The van der Waals surface area contributed by atoms with E-state index < -0.39 is 5.54 Å². The molecule has 1 saturated heterocycles. The van der Waals surface area contributed by atoms with Gasteiger partial charge in [0.15, 0.2) is 0 Å². The number of hydrogen-bond donors (Lipinski definition) is 2. The molecule has 1 aliphatic carbocycles. The summed E-state index contributed by atoms with van der Waals surface area (Å²) in [5.74, 6) is 0.935. The fourth-order valence-electron chi connectivity index (χ4n) is 2.53. The van der Waals surface area contributed by atoms with Crippen molar-refractivity contribution in [3.63, 3.8) is 0 Å². The first-order valence-electron chi connectivity index (χ1n) is 7.31. The number of aromatic nitrogens is 1. The van der Waals surface area contributed by atoms with Gasteiger partial charge in [-0.3, -0.25) is 4.79 Å². The van der Waals surface area contributed by atoms with Gasteiger partial charge >= 0.3 is 0 Å². The Hall–Kier alpha value is -1.62. The van der Waals surface area contributed by atoms with Crippen LogP contribution in [-0.4, -0.2) is 35.6 Å². The van der Waals surface area contributed by atoms with E-state index in [1.54, 1.807) is 0 Å². The van der Waals surface area contributed by atoms with Crippen LogP contribution >= 0.6 is 0 Å². The molecular formula is C15H22N4O. The van der Waals surface area contributed by atoms with E-state index in [2.05, 4.69) is 26.6 Å². The summed E-state index contributed by atoms with van der Waals surface area (Å²) in [5.41, 5.74) is 0.652. The number of carbonyl (C=O) groups is 1. The van der Waals surface area contributed by atoms with Gasteiger partial charge in [-0.05, 0) is 38.3 Å². The molecule has 1 amide bonds. The molecule has 3 rings (SSSR count). The van der Waals surface area contributed by atoms with Crippen molar-refractivity contribution < 1.29 is 4.79 Å². The topological polar surface area (TPSA) is 57.3 Å². The molecule has 2 N–H and O–H groups in total. The molecule has 0 aromatic carbocycles. The smallest absolute Gasteiger partial charge is 0.245 e. The molecular weight excluding hydrogens is 252 g/mol. The van der Waals surface area contributed by atoms with Gasteiger partial charge in [0.05, 0.1) is 0 Å². The lowest BCUT2D eigenvalue weighted by Gasteiger charge is -2.42. The van der Waals surface area contributed by atoms with Crippen molar-refractivity contribution in [1.29, 1.82) is 0 Å². The fraction of sp³-hybridized carbons (Fsp3) is 0.600. The van der Waals surface area contributed by atoms with E-state index in [1.165, 1.54) is 18.4 Å². The quantitative estimate of drug-likeness (QED) is 0.861. The zero-order valence-corrected chi connectivity index (χ0v) is 12.1. The van der Waals surface area contributed by atoms with Gasteiger partial charge < -0.3 is 15.5 Å². The van der Waals surface area contributed by atoms with E-state index >= 15 is 0 Å². The van der Waals surface area contributed by atoms with E-state index in [0.717, 1.165) is 18.9 Å². The summed E-state index contributed by atoms with van der Waals surface area (Å²) in [7, 11) is 0. The van der Waals surface area contributed by atoms with Gasteiger partial charge in [-0.2, -0.15) is 0 Å². The van der Waals surface area contributed by atoms with Gasteiger partial charge in [0.25, 0.3) is 0 Å². The van der Waals surface area contributed by atoms with Crippen LogP contribution in [0.15, 0.2) is 18.3 Å². The summed E-state index contributed by atoms with van der Waals surface area (Å²) < 4.78 is 0. The average molecular weight is 274 g/mol. The minimum Gasteiger partial charge on any atom is -0.352 e. The number of piperazine rings is 1. The Bertz CT molecular complexity index is 493. The standard InChI is InChI=1S/C15H22N4O/c1-15(2)14(20)16-7-8-19(15)13-6-3-11(10-18-13)9-17-12-4-5-12/h3,6,10,12,17H,4-5,7-9H2,1-2H3,(H,16,20). The maximum Gasteiger partial charge on any atom is 0.245 e. The van der Waals surface area contributed by atoms with E-state index in [-0.39, 0.29) is 5.91 Å². The molecule has 0 atom stereocenters. The third-order valence-electron chi connectivity index (χ3n) is 4.11. The molecule has 2 heterocycles. The lowest BCUT2D eigenvalue weighted by molar-refractivity contribution is -0.126. The summed E-state index contributed by atoms with van der Waals surface area (Å²) in [5, 5.41) is 6.38. The molecule has 0 spiro atoms. The second kappa shape index (κ2) is 5.05. The van der Waals surface area contributed by atoms with Crippen LogP contribution in [0.25, 0.3) is 0 Å². The predicted molar refractivity (Wildman–Crippen MR) is 78.5 cm³/mol. The zero-order chi connectivity index (χ0) is 14.2. The molecule has 2 aliphatic rings. The Morgan fingerprint density at radius 3 is 2.90 bits per heavy atom. The summed E-state index contributed by atoms with van der Waals surface area (Å²) >= 11 is 0. The van der Waals surface area contributed by atoms with Crippen LogP contribution in [-0.2, 0) is 11.3 Å². The van der Waals surface area contributed by atoms with Gasteiger partial charge in [-0.15, -0.1) is 0 Å². The van der Waals surface area contributed by atoms with E-state index in [1.807, 2.05) is 26.1 Å². The fourth-order valence-corrected chi connectivity index (χ4v) is 2.53. The van der Waals surface area contributed by atoms with E-state index in [0.29, 0.717) is 12.6 Å². The van der Waals surface area contributed by atoms with Crippen LogP contribution in [0.3, 0.4) is 0 Å². The molecule has 5 heteroatoms. The molecule has 1 aliphatic heterocycles. The lowest BCUT2D eigenvalue weighted by atomic mass is 9.99. The Balaban J connectivity index is 1.70. The van der Waals surface area contributed by atoms with Crippen molar-refractivity contribution in [1.82, 2.24) is 15.6 Å². The molecule has 1 aromatic heterocycles. The highest BCUT2D eigenvalue weighted by Crippen LogP contribution is 2.24. The van der Waals surface area contributed by atoms with E-state index in [4.69, 9.17) is 0 Å². The van der Waals surface area contributed by atoms with Crippen molar-refractivity contribution in [2.24, 2.45) is 0 Å². The van der Waals surface area contributed by atoms with Crippen LogP contribution in [0, 0.1) is 0 Å². The molecule has 0 bridgehead atoms. The predicted octanol–water partition coefficient (Wildman–Crippen LogP) is 1.05. The van der Waals surface area contributed by atoms with Crippen molar-refractivity contribution in [3.8, 4) is 0 Å². The molecule has 1 aromatic rings. The van der Waals surface area contributed by atoms with E-state index in [9.17, 15) is 4.79 Å². The summed E-state index contributed by atoms with van der Waals surface area (Å²) in [6, 6.07) is 4.82. The maximum absolute atomic E-state index is 12.0. The molecule has 0 radical (unpaired) electrons. The van der Waals surface area contributed by atoms with Crippen molar-refractivity contribution in [2.45, 2.75) is 44.8 Å². The minimum absolute atomic E-state index is 0.0602. The number of carbonyl (C=O) groups excluding carboxylic acids is 1. The SMILES string of the molecule is CC1(C)C(=O)NCCN1c1ccc(CNC2CC2)cn1. The number of amides is 1. The molecule has 5 nitrogen and oxygen atoms in total. The summed E-state index contributed by atoms with van der Waals surface area (Å²) in [6.07, 6.45) is 4.50. The second-order valence-corrected chi connectivity index (χ2v) is 6.15. The molecule has 1 saturated carbocycles. The largest absolute Gasteiger partial charge is 0.352 e. The first-order valence-corrected chi connectivity index (χ1v) is 7.31. The Morgan fingerprint density at radius 2 is 2.25 bits per heavy atom. The van der Waals surface area contributed by atoms with Gasteiger partial charge in [-0.1, -0.05) is 6.07 Å². The highest BCUT2D eigenvalue weighted by atomic mass is 16.2. The Kier molecular flexibility index (Phi) is 3.38. The maximum atomic E-state index is 12.0. The number of pyridine rings is 1. The summed E-state index contributed by atoms with van der Waals surface area (Å²) in [4.78, 5) is 18.6. The van der Waals surface area contributed by atoms with Gasteiger partial charge in [0.1, 0.15) is 11.4 Å². The third-order valence-corrected chi connectivity index (χ3v) is 4.11. The number of nitrogens with zero attached hydrogens (tertiary/aromatic N) is 2. The monoisotopic (exact) mass is 274 g/mol. The first-order chi connectivity index (χ1) is 9.57.